The summed E-state index contributed by atoms with van der Waals surface area (Å²) in [7, 11) is -2.15. The van der Waals surface area contributed by atoms with Crippen LogP contribution in [0.2, 0.25) is 0 Å². The van der Waals surface area contributed by atoms with E-state index in [1.54, 1.807) is 50.4 Å². The first-order valence-corrected chi connectivity index (χ1v) is 9.84. The van der Waals surface area contributed by atoms with Gasteiger partial charge < -0.3 is 14.8 Å². The summed E-state index contributed by atoms with van der Waals surface area (Å²) in [4.78, 5) is 0.254. The fraction of sp³-hybridized carbons (Fsp3) is 0.263. The van der Waals surface area contributed by atoms with E-state index < -0.39 is 10.0 Å². The molecule has 0 saturated carbocycles. The first kappa shape index (κ1) is 16.9. The molecule has 26 heavy (non-hydrogen) atoms. The highest BCUT2D eigenvalue weighted by Gasteiger charge is 2.26. The van der Waals surface area contributed by atoms with Crippen molar-refractivity contribution in [3.05, 3.63) is 53.7 Å². The molecule has 1 aliphatic heterocycles. The number of aromatic nitrogens is 1. The van der Waals surface area contributed by atoms with E-state index in [0.29, 0.717) is 35.9 Å². The second kappa shape index (κ2) is 6.34. The van der Waals surface area contributed by atoms with E-state index in [2.05, 4.69) is 5.32 Å². The molecule has 136 valence electrons. The highest BCUT2D eigenvalue weighted by atomic mass is 32.2. The van der Waals surface area contributed by atoms with Crippen LogP contribution in [0.15, 0.2) is 47.4 Å². The van der Waals surface area contributed by atoms with Gasteiger partial charge in [-0.25, -0.2) is 12.4 Å². The van der Waals surface area contributed by atoms with Gasteiger partial charge in [0.1, 0.15) is 6.61 Å². The van der Waals surface area contributed by atoms with Crippen molar-refractivity contribution in [2.75, 3.05) is 20.3 Å². The van der Waals surface area contributed by atoms with Crippen molar-refractivity contribution in [1.82, 2.24) is 9.29 Å². The zero-order chi connectivity index (χ0) is 18.3. The lowest BCUT2D eigenvalue weighted by molar-refractivity contribution is 0.302. The minimum Gasteiger partial charge on any atom is -0.493 e. The quantitative estimate of drug-likeness (QED) is 0.765. The molecular formula is C19H20N2O4S. The number of nitrogens with one attached hydrogen (secondary N) is 1. The molecular weight excluding hydrogens is 352 g/mol. The molecule has 0 saturated heterocycles. The predicted octanol–water partition coefficient (Wildman–Crippen LogP) is 2.68. The van der Waals surface area contributed by atoms with Gasteiger partial charge in [-0.1, -0.05) is 18.2 Å². The average Bonchev–Trinajstić information content (AvgIpc) is 2.82. The summed E-state index contributed by atoms with van der Waals surface area (Å²) in [6.07, 6.45) is 0. The summed E-state index contributed by atoms with van der Waals surface area (Å²) in [5.74, 6) is 1.22. The van der Waals surface area contributed by atoms with Crippen LogP contribution in [0.3, 0.4) is 0 Å². The van der Waals surface area contributed by atoms with Crippen LogP contribution >= 0.6 is 0 Å². The normalized spacial score (nSPS) is 14.5. The monoisotopic (exact) mass is 372 g/mol. The Morgan fingerprint density at radius 2 is 1.96 bits per heavy atom. The molecule has 0 unspecified atom stereocenters. The second-order valence-corrected chi connectivity index (χ2v) is 8.00. The predicted molar refractivity (Wildman–Crippen MR) is 99.5 cm³/mol. The van der Waals surface area contributed by atoms with E-state index in [9.17, 15) is 8.42 Å². The SMILES string of the molecule is COc1cc2c(cc(C)n2S(=O)(=O)c2ccccc2)c2c1OCCNC2. The molecule has 6 nitrogen and oxygen atoms in total. The summed E-state index contributed by atoms with van der Waals surface area (Å²) in [6.45, 7) is 3.65. The minimum absolute atomic E-state index is 0.254. The molecule has 2 heterocycles. The number of methoxy groups -OCH3 is 1. The molecule has 1 aliphatic rings. The average molecular weight is 372 g/mol. The third kappa shape index (κ3) is 2.55. The smallest absolute Gasteiger partial charge is 0.268 e. The number of hydrogen-bond donors (Lipinski definition) is 1. The van der Waals surface area contributed by atoms with E-state index in [0.717, 1.165) is 17.5 Å². The second-order valence-electron chi connectivity index (χ2n) is 6.21. The van der Waals surface area contributed by atoms with Gasteiger partial charge in [0.15, 0.2) is 11.5 Å². The van der Waals surface area contributed by atoms with Crippen molar-refractivity contribution >= 4 is 20.9 Å². The van der Waals surface area contributed by atoms with Gasteiger partial charge in [0.2, 0.25) is 0 Å². The van der Waals surface area contributed by atoms with Crippen molar-refractivity contribution in [3.63, 3.8) is 0 Å². The van der Waals surface area contributed by atoms with Crippen LogP contribution in [-0.4, -0.2) is 32.7 Å². The summed E-state index contributed by atoms with van der Waals surface area (Å²) < 4.78 is 39.2. The largest absolute Gasteiger partial charge is 0.493 e. The summed E-state index contributed by atoms with van der Waals surface area (Å²) in [5.41, 5.74) is 2.15. The third-order valence-corrected chi connectivity index (χ3v) is 6.42. The molecule has 0 atom stereocenters. The Morgan fingerprint density at radius 1 is 1.19 bits per heavy atom. The summed E-state index contributed by atoms with van der Waals surface area (Å²) in [6, 6.07) is 12.1. The molecule has 1 N–H and O–H groups in total. The first-order chi connectivity index (χ1) is 12.5. The van der Waals surface area contributed by atoms with Gasteiger partial charge in [0, 0.05) is 35.8 Å². The van der Waals surface area contributed by atoms with Gasteiger partial charge in [0.25, 0.3) is 10.0 Å². The van der Waals surface area contributed by atoms with Crippen molar-refractivity contribution in [1.29, 1.82) is 0 Å². The van der Waals surface area contributed by atoms with Gasteiger partial charge in [-0.3, -0.25) is 0 Å². The lowest BCUT2D eigenvalue weighted by Crippen LogP contribution is -2.16. The molecule has 0 radical (unpaired) electrons. The van der Waals surface area contributed by atoms with Gasteiger partial charge >= 0.3 is 0 Å². The van der Waals surface area contributed by atoms with Crippen molar-refractivity contribution < 1.29 is 17.9 Å². The molecule has 2 aromatic carbocycles. The van der Waals surface area contributed by atoms with Gasteiger partial charge in [-0.05, 0) is 25.1 Å². The summed E-state index contributed by atoms with van der Waals surface area (Å²) in [5, 5.41) is 4.16. The number of hydrogen-bond acceptors (Lipinski definition) is 5. The molecule has 0 amide bonds. The molecule has 3 aromatic rings. The maximum absolute atomic E-state index is 13.2. The lowest BCUT2D eigenvalue weighted by atomic mass is 10.1. The molecule has 0 spiro atoms. The molecule has 4 rings (SSSR count). The van der Waals surface area contributed by atoms with E-state index >= 15 is 0 Å². The van der Waals surface area contributed by atoms with Crippen LogP contribution in [0.5, 0.6) is 11.5 Å². The third-order valence-electron chi connectivity index (χ3n) is 4.59. The molecule has 0 bridgehead atoms. The molecule has 0 aliphatic carbocycles. The highest BCUT2D eigenvalue weighted by Crippen LogP contribution is 2.40. The number of ether oxygens (including phenoxy) is 2. The van der Waals surface area contributed by atoms with E-state index in [4.69, 9.17) is 9.47 Å². The van der Waals surface area contributed by atoms with Crippen LogP contribution in [0.4, 0.5) is 0 Å². The van der Waals surface area contributed by atoms with Gasteiger partial charge in [-0.15, -0.1) is 0 Å². The van der Waals surface area contributed by atoms with Crippen LogP contribution < -0.4 is 14.8 Å². The van der Waals surface area contributed by atoms with E-state index in [1.807, 2.05) is 6.07 Å². The number of benzene rings is 2. The van der Waals surface area contributed by atoms with Crippen molar-refractivity contribution in [2.45, 2.75) is 18.4 Å². The Hall–Kier alpha value is -2.51. The maximum atomic E-state index is 13.2. The van der Waals surface area contributed by atoms with Crippen molar-refractivity contribution in [3.8, 4) is 11.5 Å². The van der Waals surface area contributed by atoms with Gasteiger partial charge in [-0.2, -0.15) is 0 Å². The van der Waals surface area contributed by atoms with Crippen molar-refractivity contribution in [2.24, 2.45) is 0 Å². The zero-order valence-electron chi connectivity index (χ0n) is 14.7. The highest BCUT2D eigenvalue weighted by molar-refractivity contribution is 7.90. The minimum atomic E-state index is -3.71. The standard InChI is InChI=1S/C19H20N2O4S/c1-13-10-15-16-12-20-8-9-25-19(16)18(24-2)11-17(15)21(13)26(22,23)14-6-4-3-5-7-14/h3-7,10-11,20H,8-9,12H2,1-2H3. The molecule has 7 heteroatoms. The van der Waals surface area contributed by atoms with E-state index in [1.165, 1.54) is 3.97 Å². The molecule has 0 fully saturated rings. The zero-order valence-corrected chi connectivity index (χ0v) is 15.5. The van der Waals surface area contributed by atoms with Gasteiger partial charge in [0.05, 0.1) is 17.5 Å². The topological polar surface area (TPSA) is 69.6 Å². The Morgan fingerprint density at radius 3 is 2.69 bits per heavy atom. The Kier molecular flexibility index (Phi) is 4.13. The molecule has 1 aromatic heterocycles. The summed E-state index contributed by atoms with van der Waals surface area (Å²) >= 11 is 0. The number of nitrogens with zero attached hydrogens (tertiary/aromatic N) is 1. The Bertz CT molecular complexity index is 1070. The van der Waals surface area contributed by atoms with Crippen LogP contribution in [0.25, 0.3) is 10.9 Å². The number of rotatable bonds is 3. The van der Waals surface area contributed by atoms with Crippen LogP contribution in [0, 0.1) is 6.92 Å². The van der Waals surface area contributed by atoms with E-state index in [-0.39, 0.29) is 4.90 Å². The number of fused-ring (bicyclic) bond motifs is 3. The lowest BCUT2D eigenvalue weighted by Gasteiger charge is -2.15. The number of aryl methyl sites for hydroxylation is 1. The fourth-order valence-electron chi connectivity index (χ4n) is 3.42. The Balaban J connectivity index is 2.04. The Labute approximate surface area is 152 Å². The fourth-order valence-corrected chi connectivity index (χ4v) is 4.97. The van der Waals surface area contributed by atoms with Crippen LogP contribution in [0.1, 0.15) is 11.3 Å². The van der Waals surface area contributed by atoms with Crippen LogP contribution in [-0.2, 0) is 16.6 Å². The maximum Gasteiger partial charge on any atom is 0.268 e. The first-order valence-electron chi connectivity index (χ1n) is 8.40.